The summed E-state index contributed by atoms with van der Waals surface area (Å²) in [6, 6.07) is 8.19. The van der Waals surface area contributed by atoms with Crippen molar-refractivity contribution >= 4 is 21.7 Å². The van der Waals surface area contributed by atoms with Crippen molar-refractivity contribution in [3.05, 3.63) is 52.7 Å². The maximum absolute atomic E-state index is 13.3. The molecule has 1 aromatic heterocycles. The summed E-state index contributed by atoms with van der Waals surface area (Å²) >= 11 is 0. The SMILES string of the molecule is Cc1cc(C)c(S(=O)(=O)N2CCCC2C(=O)NCc2cccc(N)n2)c(C)c1. The number of amides is 1. The van der Waals surface area contributed by atoms with Crippen LogP contribution in [0.2, 0.25) is 0 Å². The predicted molar refractivity (Wildman–Crippen MR) is 108 cm³/mol. The van der Waals surface area contributed by atoms with Gasteiger partial charge < -0.3 is 11.1 Å². The molecule has 1 aliphatic rings. The van der Waals surface area contributed by atoms with Gasteiger partial charge >= 0.3 is 0 Å². The fraction of sp³-hybridized carbons (Fsp3) is 0.400. The van der Waals surface area contributed by atoms with E-state index in [0.29, 0.717) is 46.9 Å². The van der Waals surface area contributed by atoms with Gasteiger partial charge in [-0.1, -0.05) is 23.8 Å². The molecule has 0 spiro atoms. The highest BCUT2D eigenvalue weighted by molar-refractivity contribution is 7.89. The first kappa shape index (κ1) is 20.3. The van der Waals surface area contributed by atoms with Crippen LogP contribution in [0.3, 0.4) is 0 Å². The number of carbonyl (C=O) groups excluding carboxylic acids is 1. The van der Waals surface area contributed by atoms with E-state index in [9.17, 15) is 13.2 Å². The number of sulfonamides is 1. The minimum absolute atomic E-state index is 0.205. The molecule has 2 aromatic rings. The molecule has 7 nitrogen and oxygen atoms in total. The number of benzene rings is 1. The number of anilines is 1. The van der Waals surface area contributed by atoms with Gasteiger partial charge in [-0.15, -0.1) is 0 Å². The molecule has 1 amide bonds. The smallest absolute Gasteiger partial charge is 0.244 e. The van der Waals surface area contributed by atoms with E-state index in [1.807, 2.05) is 19.1 Å². The molecule has 3 rings (SSSR count). The maximum Gasteiger partial charge on any atom is 0.244 e. The molecular formula is C20H26N4O3S. The molecule has 0 radical (unpaired) electrons. The van der Waals surface area contributed by atoms with Crippen LogP contribution < -0.4 is 11.1 Å². The molecule has 3 N–H and O–H groups in total. The summed E-state index contributed by atoms with van der Waals surface area (Å²) in [5.41, 5.74) is 8.70. The van der Waals surface area contributed by atoms with E-state index in [4.69, 9.17) is 5.73 Å². The van der Waals surface area contributed by atoms with Crippen LogP contribution in [0.15, 0.2) is 35.2 Å². The van der Waals surface area contributed by atoms with Crippen LogP contribution in [-0.2, 0) is 21.4 Å². The molecule has 1 saturated heterocycles. The second kappa shape index (κ2) is 7.89. The Morgan fingerprint density at radius 2 is 1.93 bits per heavy atom. The molecule has 1 fully saturated rings. The summed E-state index contributed by atoms with van der Waals surface area (Å²) in [5.74, 6) is 0.0647. The number of pyridine rings is 1. The summed E-state index contributed by atoms with van der Waals surface area (Å²) in [5, 5.41) is 2.80. The number of aromatic nitrogens is 1. The molecule has 1 aromatic carbocycles. The lowest BCUT2D eigenvalue weighted by Gasteiger charge is -2.25. The number of nitrogens with zero attached hydrogens (tertiary/aromatic N) is 2. The van der Waals surface area contributed by atoms with Crippen molar-refractivity contribution < 1.29 is 13.2 Å². The zero-order valence-corrected chi connectivity index (χ0v) is 17.2. The normalized spacial score (nSPS) is 17.6. The van der Waals surface area contributed by atoms with Gasteiger partial charge in [-0.2, -0.15) is 4.31 Å². The van der Waals surface area contributed by atoms with Crippen LogP contribution in [0.5, 0.6) is 0 Å². The van der Waals surface area contributed by atoms with Crippen LogP contribution in [-0.4, -0.2) is 36.2 Å². The second-order valence-electron chi connectivity index (χ2n) is 7.27. The molecule has 1 aliphatic heterocycles. The minimum atomic E-state index is -3.76. The average Bonchev–Trinajstić information content (AvgIpc) is 3.09. The summed E-state index contributed by atoms with van der Waals surface area (Å²) < 4.78 is 28.0. The first-order chi connectivity index (χ1) is 13.2. The molecule has 8 heteroatoms. The topological polar surface area (TPSA) is 105 Å². The van der Waals surface area contributed by atoms with Crippen LogP contribution in [0.1, 0.15) is 35.2 Å². The number of hydrogen-bond donors (Lipinski definition) is 2. The van der Waals surface area contributed by atoms with Crippen molar-refractivity contribution in [2.75, 3.05) is 12.3 Å². The quantitative estimate of drug-likeness (QED) is 0.796. The zero-order chi connectivity index (χ0) is 20.5. The van der Waals surface area contributed by atoms with E-state index < -0.39 is 16.1 Å². The van der Waals surface area contributed by atoms with Crippen molar-refractivity contribution in [2.45, 2.75) is 51.1 Å². The Balaban J connectivity index is 1.81. The summed E-state index contributed by atoms with van der Waals surface area (Å²) in [7, 11) is -3.76. The number of hydrogen-bond acceptors (Lipinski definition) is 5. The average molecular weight is 403 g/mol. The predicted octanol–water partition coefficient (Wildman–Crippen LogP) is 2.06. The molecule has 28 heavy (non-hydrogen) atoms. The number of rotatable bonds is 5. The van der Waals surface area contributed by atoms with Crippen LogP contribution in [0.25, 0.3) is 0 Å². The van der Waals surface area contributed by atoms with Gasteiger partial charge in [-0.25, -0.2) is 13.4 Å². The van der Waals surface area contributed by atoms with Gasteiger partial charge in [0.25, 0.3) is 0 Å². The fourth-order valence-corrected chi connectivity index (χ4v) is 5.94. The van der Waals surface area contributed by atoms with Gasteiger partial charge in [0, 0.05) is 6.54 Å². The molecule has 1 unspecified atom stereocenters. The van der Waals surface area contributed by atoms with Crippen LogP contribution in [0.4, 0.5) is 5.82 Å². The van der Waals surface area contributed by atoms with E-state index in [0.717, 1.165) is 5.56 Å². The van der Waals surface area contributed by atoms with Crippen molar-refractivity contribution in [3.63, 3.8) is 0 Å². The van der Waals surface area contributed by atoms with Crippen molar-refractivity contribution in [2.24, 2.45) is 0 Å². The molecule has 2 heterocycles. The first-order valence-corrected chi connectivity index (χ1v) is 10.7. The van der Waals surface area contributed by atoms with Gasteiger partial charge in [-0.05, 0) is 56.9 Å². The third kappa shape index (κ3) is 4.02. The Bertz CT molecular complexity index is 981. The highest BCUT2D eigenvalue weighted by atomic mass is 32.2. The van der Waals surface area contributed by atoms with Crippen molar-refractivity contribution in [3.8, 4) is 0 Å². The highest BCUT2D eigenvalue weighted by Crippen LogP contribution is 2.30. The second-order valence-corrected chi connectivity index (χ2v) is 9.10. The number of carbonyl (C=O) groups is 1. The summed E-state index contributed by atoms with van der Waals surface area (Å²) in [4.78, 5) is 17.2. The number of aryl methyl sites for hydroxylation is 3. The third-order valence-electron chi connectivity index (χ3n) is 4.95. The third-order valence-corrected chi connectivity index (χ3v) is 7.16. The summed E-state index contributed by atoms with van der Waals surface area (Å²) in [6.07, 6.45) is 1.15. The lowest BCUT2D eigenvalue weighted by atomic mass is 10.1. The largest absolute Gasteiger partial charge is 0.384 e. The molecule has 150 valence electrons. The number of nitrogens with one attached hydrogen (secondary N) is 1. The van der Waals surface area contributed by atoms with Gasteiger partial charge in [0.15, 0.2) is 0 Å². The van der Waals surface area contributed by atoms with E-state index in [1.54, 1.807) is 32.0 Å². The van der Waals surface area contributed by atoms with E-state index in [-0.39, 0.29) is 12.5 Å². The monoisotopic (exact) mass is 402 g/mol. The van der Waals surface area contributed by atoms with Gasteiger partial charge in [0.1, 0.15) is 11.9 Å². The molecule has 0 saturated carbocycles. The Hall–Kier alpha value is -2.45. The lowest BCUT2D eigenvalue weighted by Crippen LogP contribution is -2.46. The standard InChI is InChI=1S/C20H26N4O3S/c1-13-10-14(2)19(15(3)11-13)28(26,27)24-9-5-7-17(24)20(25)22-12-16-6-4-8-18(21)23-16/h4,6,8,10-11,17H,5,7,9,12H2,1-3H3,(H2,21,23)(H,22,25). The van der Waals surface area contributed by atoms with Gasteiger partial charge in [-0.3, -0.25) is 4.79 Å². The summed E-state index contributed by atoms with van der Waals surface area (Å²) in [6.45, 7) is 6.07. The minimum Gasteiger partial charge on any atom is -0.384 e. The Morgan fingerprint density at radius 1 is 1.25 bits per heavy atom. The molecule has 0 bridgehead atoms. The Kier molecular flexibility index (Phi) is 5.71. The van der Waals surface area contributed by atoms with E-state index in [2.05, 4.69) is 10.3 Å². The number of nitrogen functional groups attached to an aromatic ring is 1. The maximum atomic E-state index is 13.3. The van der Waals surface area contributed by atoms with E-state index in [1.165, 1.54) is 4.31 Å². The fourth-order valence-electron chi connectivity index (χ4n) is 3.87. The molecule has 1 atom stereocenters. The Labute approximate surface area is 166 Å². The van der Waals surface area contributed by atoms with Crippen LogP contribution >= 0.6 is 0 Å². The highest BCUT2D eigenvalue weighted by Gasteiger charge is 2.40. The lowest BCUT2D eigenvalue weighted by molar-refractivity contribution is -0.124. The van der Waals surface area contributed by atoms with Crippen molar-refractivity contribution in [1.29, 1.82) is 0 Å². The van der Waals surface area contributed by atoms with Gasteiger partial charge in [0.05, 0.1) is 17.1 Å². The molecular weight excluding hydrogens is 376 g/mol. The van der Waals surface area contributed by atoms with E-state index >= 15 is 0 Å². The first-order valence-electron chi connectivity index (χ1n) is 9.29. The zero-order valence-electron chi connectivity index (χ0n) is 16.4. The van der Waals surface area contributed by atoms with Crippen molar-refractivity contribution in [1.82, 2.24) is 14.6 Å². The van der Waals surface area contributed by atoms with Crippen LogP contribution in [0, 0.1) is 20.8 Å². The number of nitrogens with two attached hydrogens (primary N) is 1. The molecule has 0 aliphatic carbocycles. The Morgan fingerprint density at radius 3 is 2.57 bits per heavy atom. The van der Waals surface area contributed by atoms with Gasteiger partial charge in [0.2, 0.25) is 15.9 Å².